The summed E-state index contributed by atoms with van der Waals surface area (Å²) in [6.07, 6.45) is 12.1. The molecule has 1 aliphatic carbocycles. The van der Waals surface area contributed by atoms with Gasteiger partial charge >= 0.3 is 0 Å². The summed E-state index contributed by atoms with van der Waals surface area (Å²) in [5.74, 6) is 0. The van der Waals surface area contributed by atoms with E-state index < -0.39 is 0 Å². The summed E-state index contributed by atoms with van der Waals surface area (Å²) in [5, 5.41) is 12.8. The third kappa shape index (κ3) is 6.24. The minimum atomic E-state index is -0.344. The van der Waals surface area contributed by atoms with Crippen LogP contribution in [0.5, 0.6) is 0 Å². The van der Waals surface area contributed by atoms with Gasteiger partial charge in [-0.15, -0.1) is 0 Å². The van der Waals surface area contributed by atoms with Gasteiger partial charge < -0.3 is 4.74 Å². The van der Waals surface area contributed by atoms with Gasteiger partial charge in [-0.3, -0.25) is 5.32 Å². The molecule has 1 atom stereocenters. The lowest BCUT2D eigenvalue weighted by molar-refractivity contribution is 0.0386. The highest BCUT2D eigenvalue weighted by atomic mass is 16.5. The lowest BCUT2D eigenvalue weighted by Gasteiger charge is -2.27. The van der Waals surface area contributed by atoms with Crippen LogP contribution in [-0.2, 0) is 4.74 Å². The first-order valence-electron chi connectivity index (χ1n) is 8.54. The van der Waals surface area contributed by atoms with Gasteiger partial charge in [0.25, 0.3) is 0 Å². The Labute approximate surface area is 125 Å². The molecular weight excluding hydrogens is 248 g/mol. The van der Waals surface area contributed by atoms with Crippen molar-refractivity contribution < 1.29 is 4.74 Å². The van der Waals surface area contributed by atoms with Crippen LogP contribution in [0, 0.1) is 11.3 Å². The highest BCUT2D eigenvalue weighted by molar-refractivity contribution is 5.06. The lowest BCUT2D eigenvalue weighted by atomic mass is 9.92. The molecule has 0 aromatic carbocycles. The van der Waals surface area contributed by atoms with Gasteiger partial charge in [0.2, 0.25) is 0 Å². The number of ether oxygens (including phenoxy) is 1. The third-order valence-electron chi connectivity index (χ3n) is 4.43. The predicted octanol–water partition coefficient (Wildman–Crippen LogP) is 4.18. The summed E-state index contributed by atoms with van der Waals surface area (Å²) in [7, 11) is 0. The fourth-order valence-electron chi connectivity index (χ4n) is 2.96. The first kappa shape index (κ1) is 17.5. The van der Waals surface area contributed by atoms with E-state index in [1.807, 2.05) is 0 Å². The van der Waals surface area contributed by atoms with E-state index in [9.17, 15) is 5.26 Å². The monoisotopic (exact) mass is 280 g/mol. The zero-order valence-corrected chi connectivity index (χ0v) is 13.4. The minimum absolute atomic E-state index is 0.344. The van der Waals surface area contributed by atoms with E-state index in [0.29, 0.717) is 6.10 Å². The van der Waals surface area contributed by atoms with Gasteiger partial charge in [-0.25, -0.2) is 0 Å². The number of hydrogen-bond acceptors (Lipinski definition) is 3. The Morgan fingerprint density at radius 2 is 1.90 bits per heavy atom. The Hall–Kier alpha value is -0.590. The van der Waals surface area contributed by atoms with Crippen molar-refractivity contribution in [3.8, 4) is 6.07 Å². The molecule has 0 heterocycles. The summed E-state index contributed by atoms with van der Waals surface area (Å²) in [4.78, 5) is 0. The predicted molar refractivity (Wildman–Crippen MR) is 83.6 cm³/mol. The summed E-state index contributed by atoms with van der Waals surface area (Å²) in [5.41, 5.74) is -0.344. The van der Waals surface area contributed by atoms with Crippen molar-refractivity contribution in [1.29, 1.82) is 5.26 Å². The number of hydrogen-bond donors (Lipinski definition) is 1. The molecule has 0 bridgehead atoms. The van der Waals surface area contributed by atoms with Crippen molar-refractivity contribution >= 4 is 0 Å². The molecule has 0 spiro atoms. The Kier molecular flexibility index (Phi) is 8.89. The molecule has 1 saturated carbocycles. The fourth-order valence-corrected chi connectivity index (χ4v) is 2.96. The zero-order valence-electron chi connectivity index (χ0n) is 13.4. The number of nitriles is 1. The van der Waals surface area contributed by atoms with Crippen LogP contribution >= 0.6 is 0 Å². The molecule has 0 aliphatic heterocycles. The Morgan fingerprint density at radius 3 is 2.45 bits per heavy atom. The first-order valence-corrected chi connectivity index (χ1v) is 8.54. The molecule has 1 rings (SSSR count). The molecule has 1 fully saturated rings. The molecule has 116 valence electrons. The Morgan fingerprint density at radius 1 is 1.20 bits per heavy atom. The van der Waals surface area contributed by atoms with E-state index in [2.05, 4.69) is 25.2 Å². The largest absolute Gasteiger partial charge is 0.378 e. The molecule has 20 heavy (non-hydrogen) atoms. The fraction of sp³-hybridized carbons (Fsp3) is 0.941. The average molecular weight is 280 g/mol. The Balaban J connectivity index is 2.24. The topological polar surface area (TPSA) is 45.0 Å². The van der Waals surface area contributed by atoms with E-state index >= 15 is 0 Å². The van der Waals surface area contributed by atoms with E-state index in [1.54, 1.807) is 0 Å². The van der Waals surface area contributed by atoms with Crippen molar-refractivity contribution in [3.05, 3.63) is 0 Å². The summed E-state index contributed by atoms with van der Waals surface area (Å²) >= 11 is 0. The van der Waals surface area contributed by atoms with Gasteiger partial charge in [-0.1, -0.05) is 39.5 Å². The lowest BCUT2D eigenvalue weighted by Crippen LogP contribution is -2.44. The molecule has 0 saturated heterocycles. The highest BCUT2D eigenvalue weighted by Gasteiger charge is 2.26. The molecule has 1 unspecified atom stereocenters. The number of nitrogens with zero attached hydrogens (tertiary/aromatic N) is 1. The van der Waals surface area contributed by atoms with Crippen LogP contribution in [-0.4, -0.2) is 24.8 Å². The quantitative estimate of drug-likeness (QED) is 0.509. The van der Waals surface area contributed by atoms with Crippen LogP contribution in [0.4, 0.5) is 0 Å². The van der Waals surface area contributed by atoms with Gasteiger partial charge in [0, 0.05) is 6.61 Å². The normalized spacial score (nSPS) is 20.1. The van der Waals surface area contributed by atoms with Crippen molar-refractivity contribution in [2.75, 3.05) is 13.2 Å². The third-order valence-corrected chi connectivity index (χ3v) is 4.43. The van der Waals surface area contributed by atoms with Gasteiger partial charge in [0.05, 0.1) is 12.2 Å². The molecular formula is C17H32N2O. The second kappa shape index (κ2) is 10.2. The molecule has 3 nitrogen and oxygen atoms in total. The Bertz CT molecular complexity index is 279. The van der Waals surface area contributed by atoms with Crippen LogP contribution in [0.15, 0.2) is 0 Å². The smallest absolute Gasteiger partial charge is 0.106 e. The van der Waals surface area contributed by atoms with Crippen molar-refractivity contribution in [2.24, 2.45) is 0 Å². The molecule has 1 N–H and O–H groups in total. The van der Waals surface area contributed by atoms with E-state index in [4.69, 9.17) is 4.74 Å². The van der Waals surface area contributed by atoms with Crippen molar-refractivity contribution in [3.63, 3.8) is 0 Å². The van der Waals surface area contributed by atoms with Gasteiger partial charge in [-0.2, -0.15) is 5.26 Å². The summed E-state index contributed by atoms with van der Waals surface area (Å²) in [6, 6.07) is 2.48. The van der Waals surface area contributed by atoms with Crippen LogP contribution in [0.2, 0.25) is 0 Å². The van der Waals surface area contributed by atoms with Crippen LogP contribution in [0.25, 0.3) is 0 Å². The molecule has 0 aromatic rings. The average Bonchev–Trinajstić information content (AvgIpc) is 2.76. The molecule has 0 radical (unpaired) electrons. The zero-order chi connectivity index (χ0) is 14.7. The number of nitrogens with one attached hydrogen (secondary N) is 1. The standard InChI is InChI=1S/C17H32N2O/c1-3-13-19-17(4-2,15-18)12-9-14-20-16-10-7-5-6-8-11-16/h16,19H,3-14H2,1-2H3. The maximum atomic E-state index is 9.44. The maximum absolute atomic E-state index is 9.44. The summed E-state index contributed by atoms with van der Waals surface area (Å²) < 4.78 is 6.01. The van der Waals surface area contributed by atoms with Crippen LogP contribution in [0.3, 0.4) is 0 Å². The van der Waals surface area contributed by atoms with Gasteiger partial charge in [0.1, 0.15) is 5.54 Å². The minimum Gasteiger partial charge on any atom is -0.378 e. The maximum Gasteiger partial charge on any atom is 0.106 e. The van der Waals surface area contributed by atoms with Crippen LogP contribution in [0.1, 0.15) is 78.1 Å². The van der Waals surface area contributed by atoms with Crippen molar-refractivity contribution in [1.82, 2.24) is 5.32 Å². The van der Waals surface area contributed by atoms with E-state index in [-0.39, 0.29) is 5.54 Å². The molecule has 1 aliphatic rings. The van der Waals surface area contributed by atoms with Crippen molar-refractivity contribution in [2.45, 2.75) is 89.7 Å². The SMILES string of the molecule is CCCNC(C#N)(CC)CCCOC1CCCCCC1. The second-order valence-corrected chi connectivity index (χ2v) is 6.06. The second-order valence-electron chi connectivity index (χ2n) is 6.06. The highest BCUT2D eigenvalue weighted by Crippen LogP contribution is 2.21. The van der Waals surface area contributed by atoms with E-state index in [1.165, 1.54) is 38.5 Å². The van der Waals surface area contributed by atoms with Gasteiger partial charge in [-0.05, 0) is 45.1 Å². The molecule has 3 heteroatoms. The van der Waals surface area contributed by atoms with Crippen LogP contribution < -0.4 is 5.32 Å². The summed E-state index contributed by atoms with van der Waals surface area (Å²) in [6.45, 7) is 5.96. The van der Waals surface area contributed by atoms with E-state index in [0.717, 1.165) is 38.8 Å². The number of rotatable bonds is 9. The first-order chi connectivity index (χ1) is 9.76. The molecule has 0 aromatic heterocycles. The van der Waals surface area contributed by atoms with Gasteiger partial charge in [0.15, 0.2) is 0 Å². The molecule has 0 amide bonds.